The van der Waals surface area contributed by atoms with Gasteiger partial charge in [-0.3, -0.25) is 9.69 Å². The third-order valence-corrected chi connectivity index (χ3v) is 5.05. The van der Waals surface area contributed by atoms with Crippen molar-refractivity contribution in [1.29, 1.82) is 0 Å². The highest BCUT2D eigenvalue weighted by molar-refractivity contribution is 6.01. The van der Waals surface area contributed by atoms with Gasteiger partial charge in [-0.25, -0.2) is 9.18 Å². The average molecular weight is 434 g/mol. The zero-order chi connectivity index (χ0) is 22.8. The van der Waals surface area contributed by atoms with Crippen molar-refractivity contribution in [1.82, 2.24) is 5.32 Å². The molecule has 0 radical (unpaired) electrons. The standard InChI is InChI=1S/C26H28FN3O2/c1-20-8-13-23(14-9-20)29-26(32)30(24-15-11-22(27)12-16-24)19-5-18-28-25(31)17-10-21-6-3-2-4-7-21/h2-4,6-9,11-16H,5,10,17-19H2,1H3,(H,28,31)(H,29,32). The molecule has 0 unspecified atom stereocenters. The number of hydrogen-bond acceptors (Lipinski definition) is 2. The molecule has 0 aliphatic rings. The topological polar surface area (TPSA) is 61.4 Å². The molecule has 32 heavy (non-hydrogen) atoms. The first kappa shape index (κ1) is 23.0. The fourth-order valence-corrected chi connectivity index (χ4v) is 3.25. The highest BCUT2D eigenvalue weighted by atomic mass is 19.1. The SMILES string of the molecule is Cc1ccc(NC(=O)N(CCCNC(=O)CCc2ccccc2)c2ccc(F)cc2)cc1. The number of urea groups is 1. The maximum atomic E-state index is 13.4. The zero-order valence-corrected chi connectivity index (χ0v) is 18.2. The molecule has 0 fully saturated rings. The Bertz CT molecular complexity index is 1010. The van der Waals surface area contributed by atoms with Crippen LogP contribution in [0.25, 0.3) is 0 Å². The molecule has 3 aromatic rings. The molecule has 5 nitrogen and oxygen atoms in total. The molecule has 0 spiro atoms. The van der Waals surface area contributed by atoms with E-state index >= 15 is 0 Å². The smallest absolute Gasteiger partial charge is 0.326 e. The van der Waals surface area contributed by atoms with Crippen LogP contribution in [0, 0.1) is 12.7 Å². The Labute approximate surface area is 188 Å². The molecule has 6 heteroatoms. The Morgan fingerprint density at radius 2 is 1.59 bits per heavy atom. The van der Waals surface area contributed by atoms with Gasteiger partial charge in [-0.1, -0.05) is 48.0 Å². The molecule has 3 rings (SSSR count). The molecule has 0 aliphatic carbocycles. The second-order valence-electron chi connectivity index (χ2n) is 7.61. The number of amides is 3. The van der Waals surface area contributed by atoms with E-state index in [9.17, 15) is 14.0 Å². The number of nitrogens with one attached hydrogen (secondary N) is 2. The van der Waals surface area contributed by atoms with E-state index in [1.807, 2.05) is 61.5 Å². The first-order valence-electron chi connectivity index (χ1n) is 10.7. The molecule has 3 amide bonds. The van der Waals surface area contributed by atoms with E-state index in [2.05, 4.69) is 10.6 Å². The van der Waals surface area contributed by atoms with Crippen LogP contribution < -0.4 is 15.5 Å². The molecular weight excluding hydrogens is 405 g/mol. The lowest BCUT2D eigenvalue weighted by molar-refractivity contribution is -0.121. The van der Waals surface area contributed by atoms with Crippen LogP contribution in [-0.2, 0) is 11.2 Å². The minimum atomic E-state index is -0.363. The van der Waals surface area contributed by atoms with E-state index < -0.39 is 0 Å². The lowest BCUT2D eigenvalue weighted by atomic mass is 10.1. The minimum absolute atomic E-state index is 0.0220. The quantitative estimate of drug-likeness (QED) is 0.449. The molecule has 0 heterocycles. The number of carbonyl (C=O) groups is 2. The third-order valence-electron chi connectivity index (χ3n) is 5.05. The first-order valence-corrected chi connectivity index (χ1v) is 10.7. The lowest BCUT2D eigenvalue weighted by Gasteiger charge is -2.23. The van der Waals surface area contributed by atoms with Crippen LogP contribution in [0.2, 0.25) is 0 Å². The van der Waals surface area contributed by atoms with E-state index in [-0.39, 0.29) is 17.8 Å². The second-order valence-corrected chi connectivity index (χ2v) is 7.61. The van der Waals surface area contributed by atoms with E-state index in [1.54, 1.807) is 17.0 Å². The maximum Gasteiger partial charge on any atom is 0.326 e. The van der Waals surface area contributed by atoms with E-state index in [0.29, 0.717) is 43.7 Å². The largest absolute Gasteiger partial charge is 0.356 e. The molecule has 0 aromatic heterocycles. The van der Waals surface area contributed by atoms with Gasteiger partial charge in [0.25, 0.3) is 0 Å². The maximum absolute atomic E-state index is 13.4. The minimum Gasteiger partial charge on any atom is -0.356 e. The summed E-state index contributed by atoms with van der Waals surface area (Å²) in [6.07, 6.45) is 1.67. The van der Waals surface area contributed by atoms with Crippen LogP contribution in [0.4, 0.5) is 20.6 Å². The van der Waals surface area contributed by atoms with E-state index in [4.69, 9.17) is 0 Å². The fraction of sp³-hybridized carbons (Fsp3) is 0.231. The van der Waals surface area contributed by atoms with E-state index in [0.717, 1.165) is 11.1 Å². The summed E-state index contributed by atoms with van der Waals surface area (Å²) >= 11 is 0. The van der Waals surface area contributed by atoms with E-state index in [1.165, 1.54) is 12.1 Å². The number of rotatable bonds is 9. The molecule has 0 aliphatic heterocycles. The molecule has 0 saturated heterocycles. The number of hydrogen-bond donors (Lipinski definition) is 2. The molecule has 2 N–H and O–H groups in total. The summed E-state index contributed by atoms with van der Waals surface area (Å²) in [6.45, 7) is 2.80. The van der Waals surface area contributed by atoms with Crippen LogP contribution in [0.3, 0.4) is 0 Å². The summed E-state index contributed by atoms with van der Waals surface area (Å²) in [6, 6.07) is 22.9. The van der Waals surface area contributed by atoms with Crippen molar-refractivity contribution < 1.29 is 14.0 Å². The van der Waals surface area contributed by atoms with Crippen LogP contribution >= 0.6 is 0 Å². The fourth-order valence-electron chi connectivity index (χ4n) is 3.25. The van der Waals surface area contributed by atoms with Crippen molar-refractivity contribution in [3.8, 4) is 0 Å². The zero-order valence-electron chi connectivity index (χ0n) is 18.2. The number of benzene rings is 3. The lowest BCUT2D eigenvalue weighted by Crippen LogP contribution is -2.37. The summed E-state index contributed by atoms with van der Waals surface area (Å²) in [5.41, 5.74) is 3.49. The van der Waals surface area contributed by atoms with Crippen molar-refractivity contribution in [2.24, 2.45) is 0 Å². The Hall–Kier alpha value is -3.67. The average Bonchev–Trinajstić information content (AvgIpc) is 2.80. The van der Waals surface area contributed by atoms with Crippen LogP contribution in [-0.4, -0.2) is 25.0 Å². The molecule has 0 saturated carbocycles. The number of carbonyl (C=O) groups excluding carboxylic acids is 2. The molecule has 3 aromatic carbocycles. The number of aryl methyl sites for hydroxylation is 2. The summed E-state index contributed by atoms with van der Waals surface area (Å²) < 4.78 is 13.4. The summed E-state index contributed by atoms with van der Waals surface area (Å²) in [4.78, 5) is 26.6. The van der Waals surface area contributed by atoms with Gasteiger partial charge in [-0.15, -0.1) is 0 Å². The van der Waals surface area contributed by atoms with Gasteiger partial charge in [-0.2, -0.15) is 0 Å². The van der Waals surface area contributed by atoms with Gasteiger partial charge < -0.3 is 10.6 Å². The summed E-state index contributed by atoms with van der Waals surface area (Å²) in [7, 11) is 0. The Balaban J connectivity index is 1.53. The second kappa shape index (κ2) is 11.6. The molecule has 0 bridgehead atoms. The predicted octanol–water partition coefficient (Wildman–Crippen LogP) is 5.31. The van der Waals surface area contributed by atoms with Crippen molar-refractivity contribution >= 4 is 23.3 Å². The van der Waals surface area contributed by atoms with Crippen molar-refractivity contribution in [3.05, 3.63) is 95.8 Å². The number of halogens is 1. The third kappa shape index (κ3) is 7.23. The van der Waals surface area contributed by atoms with Gasteiger partial charge in [0, 0.05) is 30.9 Å². The van der Waals surface area contributed by atoms with Crippen molar-refractivity contribution in [3.63, 3.8) is 0 Å². The van der Waals surface area contributed by atoms with Crippen LogP contribution in [0.15, 0.2) is 78.9 Å². The van der Waals surface area contributed by atoms with Crippen LogP contribution in [0.5, 0.6) is 0 Å². The molecule has 166 valence electrons. The highest BCUT2D eigenvalue weighted by Crippen LogP contribution is 2.18. The van der Waals surface area contributed by atoms with Gasteiger partial charge in [0.05, 0.1) is 0 Å². The van der Waals surface area contributed by atoms with Gasteiger partial charge in [0.15, 0.2) is 0 Å². The van der Waals surface area contributed by atoms with Crippen molar-refractivity contribution in [2.75, 3.05) is 23.3 Å². The first-order chi connectivity index (χ1) is 15.5. The van der Waals surface area contributed by atoms with Crippen LogP contribution in [0.1, 0.15) is 24.0 Å². The normalized spacial score (nSPS) is 10.4. The van der Waals surface area contributed by atoms with Crippen molar-refractivity contribution in [2.45, 2.75) is 26.2 Å². The van der Waals surface area contributed by atoms with Gasteiger partial charge in [-0.05, 0) is 61.7 Å². The Kier molecular flexibility index (Phi) is 8.37. The number of nitrogens with zero attached hydrogens (tertiary/aromatic N) is 1. The Morgan fingerprint density at radius 1 is 0.906 bits per heavy atom. The number of anilines is 2. The Morgan fingerprint density at radius 3 is 2.28 bits per heavy atom. The van der Waals surface area contributed by atoms with Gasteiger partial charge >= 0.3 is 6.03 Å². The summed E-state index contributed by atoms with van der Waals surface area (Å²) in [5.74, 6) is -0.385. The van der Waals surface area contributed by atoms with Gasteiger partial charge in [0.1, 0.15) is 5.82 Å². The highest BCUT2D eigenvalue weighted by Gasteiger charge is 2.16. The molecular formula is C26H28FN3O2. The monoisotopic (exact) mass is 433 g/mol. The predicted molar refractivity (Wildman–Crippen MR) is 126 cm³/mol. The van der Waals surface area contributed by atoms with Gasteiger partial charge in [0.2, 0.25) is 5.91 Å². The summed E-state index contributed by atoms with van der Waals surface area (Å²) in [5, 5.41) is 5.78. The molecule has 0 atom stereocenters.